The van der Waals surface area contributed by atoms with Crippen LogP contribution in [0.15, 0.2) is 70.4 Å². The molecule has 1 fully saturated rings. The third-order valence-electron chi connectivity index (χ3n) is 6.49. The minimum atomic E-state index is -1.66. The summed E-state index contributed by atoms with van der Waals surface area (Å²) in [7, 11) is 0. The molecule has 4 amide bonds. The molecular formula is C26H22F2N4O4. The van der Waals surface area contributed by atoms with Crippen LogP contribution in [-0.4, -0.2) is 40.0 Å². The number of hydrogen-bond acceptors (Lipinski definition) is 5. The maximum atomic E-state index is 13.8. The fraction of sp³-hybridized carbons (Fsp3) is 0.231. The highest BCUT2D eigenvalue weighted by atomic mass is 19.2. The van der Waals surface area contributed by atoms with Crippen LogP contribution in [0.1, 0.15) is 41.8 Å². The summed E-state index contributed by atoms with van der Waals surface area (Å²) in [4.78, 5) is 40.0. The Morgan fingerprint density at radius 1 is 1.14 bits per heavy atom. The topological polar surface area (TPSA) is 95.2 Å². The number of benzene rings is 2. The minimum Gasteiger partial charge on any atom is -0.467 e. The number of urea groups is 1. The molecule has 3 aromatic rings. The minimum absolute atomic E-state index is 0.0593. The standard InChI is InChI=1S/C26H22F2N4O4/c1-15-5-7-16(8-6-15)20-13-21(22-4-3-11-36-22)32(30-20)23(33)14-31-24(34)26(2,29-25(31)35)17-9-10-18(27)19(28)12-17/h3-12,21H,13-14H2,1-2H3,(H,29,35)/t21-,26-/m1/s1. The van der Waals surface area contributed by atoms with E-state index in [0.29, 0.717) is 17.9 Å². The Bertz CT molecular complexity index is 1390. The Morgan fingerprint density at radius 3 is 2.56 bits per heavy atom. The summed E-state index contributed by atoms with van der Waals surface area (Å²) in [5.74, 6) is -3.08. The molecule has 1 N–H and O–H groups in total. The third-order valence-corrected chi connectivity index (χ3v) is 6.49. The summed E-state index contributed by atoms with van der Waals surface area (Å²) in [6, 6.07) is 12.7. The van der Waals surface area contributed by atoms with Crippen LogP contribution in [0.5, 0.6) is 0 Å². The summed E-state index contributed by atoms with van der Waals surface area (Å²) in [5.41, 5.74) is 0.981. The highest BCUT2D eigenvalue weighted by molar-refractivity contribution is 6.09. The van der Waals surface area contributed by atoms with Crippen molar-refractivity contribution in [1.82, 2.24) is 15.2 Å². The largest absolute Gasteiger partial charge is 0.467 e. The van der Waals surface area contributed by atoms with Crippen LogP contribution in [0.2, 0.25) is 0 Å². The van der Waals surface area contributed by atoms with Crippen molar-refractivity contribution in [2.45, 2.75) is 31.8 Å². The van der Waals surface area contributed by atoms with E-state index >= 15 is 0 Å². The van der Waals surface area contributed by atoms with Gasteiger partial charge in [0.25, 0.3) is 11.8 Å². The van der Waals surface area contributed by atoms with Crippen molar-refractivity contribution in [2.24, 2.45) is 5.10 Å². The van der Waals surface area contributed by atoms with Gasteiger partial charge in [-0.05, 0) is 49.2 Å². The average Bonchev–Trinajstić information content (AvgIpc) is 3.58. The third kappa shape index (κ3) is 3.94. The number of nitrogens with one attached hydrogen (secondary N) is 1. The van der Waals surface area contributed by atoms with Crippen molar-refractivity contribution < 1.29 is 27.6 Å². The van der Waals surface area contributed by atoms with Crippen LogP contribution in [0.25, 0.3) is 0 Å². The molecule has 0 bridgehead atoms. The normalized spacial score (nSPS) is 21.7. The van der Waals surface area contributed by atoms with Crippen molar-refractivity contribution >= 4 is 23.6 Å². The van der Waals surface area contributed by atoms with Gasteiger partial charge >= 0.3 is 6.03 Å². The zero-order valence-corrected chi connectivity index (χ0v) is 19.5. The molecule has 36 heavy (non-hydrogen) atoms. The van der Waals surface area contributed by atoms with Crippen molar-refractivity contribution in [2.75, 3.05) is 6.54 Å². The average molecular weight is 492 g/mol. The molecule has 3 heterocycles. The van der Waals surface area contributed by atoms with Crippen LogP contribution in [0, 0.1) is 18.6 Å². The van der Waals surface area contributed by atoms with E-state index in [4.69, 9.17) is 4.42 Å². The molecule has 2 atom stereocenters. The van der Waals surface area contributed by atoms with Gasteiger partial charge in [0.15, 0.2) is 11.6 Å². The van der Waals surface area contributed by atoms with Crippen molar-refractivity contribution in [1.29, 1.82) is 0 Å². The van der Waals surface area contributed by atoms with Gasteiger partial charge in [-0.3, -0.25) is 14.5 Å². The number of rotatable bonds is 5. The van der Waals surface area contributed by atoms with E-state index in [1.54, 1.807) is 12.1 Å². The Balaban J connectivity index is 1.41. The lowest BCUT2D eigenvalue weighted by Crippen LogP contribution is -2.43. The number of carbonyl (C=O) groups is 3. The van der Waals surface area contributed by atoms with Crippen LogP contribution in [0.3, 0.4) is 0 Å². The number of hydrogen-bond donors (Lipinski definition) is 1. The molecule has 1 saturated heterocycles. The van der Waals surface area contributed by atoms with Gasteiger partial charge in [0.2, 0.25) is 0 Å². The highest BCUT2D eigenvalue weighted by Gasteiger charge is 2.50. The van der Waals surface area contributed by atoms with Crippen LogP contribution < -0.4 is 5.32 Å². The molecule has 0 radical (unpaired) electrons. The maximum absolute atomic E-state index is 13.8. The molecule has 184 valence electrons. The second kappa shape index (κ2) is 8.71. The van der Waals surface area contributed by atoms with Crippen LogP contribution >= 0.6 is 0 Å². The van der Waals surface area contributed by atoms with E-state index in [-0.39, 0.29) is 5.56 Å². The number of carbonyl (C=O) groups excluding carboxylic acids is 3. The lowest BCUT2D eigenvalue weighted by molar-refractivity contribution is -0.140. The van der Waals surface area contributed by atoms with Crippen LogP contribution in [-0.2, 0) is 15.1 Å². The quantitative estimate of drug-likeness (QED) is 0.545. The molecule has 2 aromatic carbocycles. The van der Waals surface area contributed by atoms with Crippen molar-refractivity contribution in [3.05, 3.63) is 94.9 Å². The lowest BCUT2D eigenvalue weighted by atomic mass is 9.92. The first kappa shape index (κ1) is 23.4. The fourth-order valence-corrected chi connectivity index (χ4v) is 4.41. The molecule has 2 aliphatic heterocycles. The molecule has 0 unspecified atom stereocenters. The lowest BCUT2D eigenvalue weighted by Gasteiger charge is -2.24. The Hall–Kier alpha value is -4.34. The van der Waals surface area contributed by atoms with E-state index in [2.05, 4.69) is 10.4 Å². The van der Waals surface area contributed by atoms with E-state index in [1.165, 1.54) is 24.3 Å². The number of amides is 4. The number of hydrazone groups is 1. The number of imide groups is 1. The Morgan fingerprint density at radius 2 is 1.89 bits per heavy atom. The predicted molar refractivity (Wildman–Crippen MR) is 125 cm³/mol. The molecular weight excluding hydrogens is 470 g/mol. The van der Waals surface area contributed by atoms with E-state index in [0.717, 1.165) is 28.2 Å². The first-order chi connectivity index (χ1) is 17.2. The first-order valence-electron chi connectivity index (χ1n) is 11.3. The summed E-state index contributed by atoms with van der Waals surface area (Å²) in [6.45, 7) is 2.75. The number of aryl methyl sites for hydroxylation is 1. The Kier molecular flexibility index (Phi) is 5.66. The summed E-state index contributed by atoms with van der Waals surface area (Å²) in [5, 5.41) is 8.23. The van der Waals surface area contributed by atoms with Gasteiger partial charge < -0.3 is 9.73 Å². The van der Waals surface area contributed by atoms with E-state index < -0.39 is 47.6 Å². The van der Waals surface area contributed by atoms with Crippen molar-refractivity contribution in [3.63, 3.8) is 0 Å². The van der Waals surface area contributed by atoms with E-state index in [1.807, 2.05) is 31.2 Å². The van der Waals surface area contributed by atoms with Gasteiger partial charge in [-0.1, -0.05) is 35.9 Å². The number of furan rings is 1. The van der Waals surface area contributed by atoms with Gasteiger partial charge in [0.05, 0.1) is 12.0 Å². The Labute approximate surface area is 205 Å². The second-order valence-corrected chi connectivity index (χ2v) is 8.96. The second-order valence-electron chi connectivity index (χ2n) is 8.96. The van der Waals surface area contributed by atoms with Gasteiger partial charge in [0, 0.05) is 6.42 Å². The highest BCUT2D eigenvalue weighted by Crippen LogP contribution is 2.34. The summed E-state index contributed by atoms with van der Waals surface area (Å²) in [6.07, 6.45) is 1.88. The molecule has 0 aliphatic carbocycles. The summed E-state index contributed by atoms with van der Waals surface area (Å²) >= 11 is 0. The van der Waals surface area contributed by atoms with Gasteiger partial charge in [-0.25, -0.2) is 18.6 Å². The fourth-order valence-electron chi connectivity index (χ4n) is 4.41. The van der Waals surface area contributed by atoms with Crippen molar-refractivity contribution in [3.8, 4) is 0 Å². The van der Waals surface area contributed by atoms with Gasteiger partial charge in [0.1, 0.15) is 23.9 Å². The SMILES string of the molecule is Cc1ccc(C2=NN(C(=O)CN3C(=O)N[C@](C)(c4ccc(F)c(F)c4)C3=O)[C@@H](c3ccco3)C2)cc1. The number of nitrogens with zero attached hydrogens (tertiary/aromatic N) is 3. The molecule has 10 heteroatoms. The molecule has 2 aliphatic rings. The monoisotopic (exact) mass is 492 g/mol. The maximum Gasteiger partial charge on any atom is 0.325 e. The molecule has 0 saturated carbocycles. The first-order valence-corrected chi connectivity index (χ1v) is 11.3. The molecule has 8 nitrogen and oxygen atoms in total. The molecule has 1 aromatic heterocycles. The smallest absolute Gasteiger partial charge is 0.325 e. The predicted octanol–water partition coefficient (Wildman–Crippen LogP) is 4.01. The zero-order chi connectivity index (χ0) is 25.6. The zero-order valence-electron chi connectivity index (χ0n) is 19.5. The summed E-state index contributed by atoms with van der Waals surface area (Å²) < 4.78 is 32.8. The van der Waals surface area contributed by atoms with Gasteiger partial charge in [-0.2, -0.15) is 5.10 Å². The van der Waals surface area contributed by atoms with E-state index in [9.17, 15) is 23.2 Å². The van der Waals surface area contributed by atoms with Gasteiger partial charge in [-0.15, -0.1) is 0 Å². The number of halogens is 2. The molecule has 5 rings (SSSR count). The molecule has 0 spiro atoms. The van der Waals surface area contributed by atoms with Crippen LogP contribution in [0.4, 0.5) is 13.6 Å².